The highest BCUT2D eigenvalue weighted by atomic mass is 28.3. The number of hydrogen-bond acceptors (Lipinski definition) is 1. The average molecular weight is 470 g/mol. The van der Waals surface area contributed by atoms with Gasteiger partial charge in [0, 0.05) is 14.4 Å². The summed E-state index contributed by atoms with van der Waals surface area (Å²) in [6, 6.07) is 28.6. The number of rotatable bonds is 9. The molecule has 0 aliphatic carbocycles. The Balaban J connectivity index is 1.29. The third kappa shape index (κ3) is 6.45. The van der Waals surface area contributed by atoms with E-state index in [1.807, 2.05) is 12.1 Å². The Morgan fingerprint density at radius 2 is 1.56 bits per heavy atom. The van der Waals surface area contributed by atoms with Crippen molar-refractivity contribution in [2.75, 3.05) is 0 Å². The molecule has 3 aromatic carbocycles. The average Bonchev–Trinajstić information content (AvgIpc) is 2.89. The molecule has 0 radical (unpaired) electrons. The molecule has 0 atom stereocenters. The second-order valence-electron chi connectivity index (χ2n) is 9.96. The van der Waals surface area contributed by atoms with Gasteiger partial charge in [-0.05, 0) is 72.1 Å². The van der Waals surface area contributed by atoms with Crippen LogP contribution in [0.25, 0.3) is 11.1 Å². The molecular formula is C31H36FNSi. The molecule has 0 aromatic heterocycles. The molecular weight excluding hydrogens is 433 g/mol. The second kappa shape index (κ2) is 12.1. The molecule has 1 aliphatic heterocycles. The normalized spacial score (nSPS) is 17.9. The van der Waals surface area contributed by atoms with Gasteiger partial charge in [0.1, 0.15) is 5.82 Å². The highest BCUT2D eigenvalue weighted by Crippen LogP contribution is 2.35. The summed E-state index contributed by atoms with van der Waals surface area (Å²) in [5, 5.41) is 8.94. The Morgan fingerprint density at radius 1 is 0.882 bits per heavy atom. The van der Waals surface area contributed by atoms with Crippen molar-refractivity contribution in [3.05, 3.63) is 94.8 Å². The van der Waals surface area contributed by atoms with Crippen molar-refractivity contribution in [2.45, 2.75) is 75.9 Å². The van der Waals surface area contributed by atoms with E-state index in [2.05, 4.69) is 37.3 Å². The van der Waals surface area contributed by atoms with Crippen LogP contribution in [0.15, 0.2) is 66.7 Å². The van der Waals surface area contributed by atoms with Crippen molar-refractivity contribution >= 4 is 8.80 Å². The first-order valence-corrected chi connectivity index (χ1v) is 15.5. The smallest absolute Gasteiger partial charge is 0.131 e. The Kier molecular flexibility index (Phi) is 8.71. The summed E-state index contributed by atoms with van der Waals surface area (Å²) in [5.41, 5.74) is 5.83. The van der Waals surface area contributed by atoms with Crippen molar-refractivity contribution in [3.63, 3.8) is 0 Å². The van der Waals surface area contributed by atoms with Crippen molar-refractivity contribution in [1.82, 2.24) is 0 Å². The van der Waals surface area contributed by atoms with Crippen LogP contribution in [0.4, 0.5) is 4.39 Å². The van der Waals surface area contributed by atoms with Crippen molar-refractivity contribution in [3.8, 4) is 17.2 Å². The van der Waals surface area contributed by atoms with Gasteiger partial charge in [-0.2, -0.15) is 5.26 Å². The van der Waals surface area contributed by atoms with Crippen LogP contribution in [0.1, 0.15) is 67.2 Å². The van der Waals surface area contributed by atoms with Gasteiger partial charge in [-0.25, -0.2) is 4.39 Å². The lowest BCUT2D eigenvalue weighted by Crippen LogP contribution is -2.20. The van der Waals surface area contributed by atoms with Crippen molar-refractivity contribution < 1.29 is 4.39 Å². The van der Waals surface area contributed by atoms with E-state index >= 15 is 0 Å². The van der Waals surface area contributed by atoms with E-state index in [0.29, 0.717) is 11.1 Å². The van der Waals surface area contributed by atoms with Crippen LogP contribution in [0.5, 0.6) is 0 Å². The second-order valence-corrected chi connectivity index (χ2v) is 13.4. The predicted molar refractivity (Wildman–Crippen MR) is 143 cm³/mol. The number of nitriles is 1. The molecule has 1 nitrogen and oxygen atoms in total. The van der Waals surface area contributed by atoms with E-state index in [0.717, 1.165) is 29.9 Å². The summed E-state index contributed by atoms with van der Waals surface area (Å²) in [5.74, 6) is 0.555. The lowest BCUT2D eigenvalue weighted by Gasteiger charge is -2.28. The molecule has 0 spiro atoms. The highest BCUT2D eigenvalue weighted by molar-refractivity contribution is 6.59. The molecule has 3 heteroatoms. The largest absolute Gasteiger partial charge is 0.206 e. The van der Waals surface area contributed by atoms with Crippen LogP contribution >= 0.6 is 0 Å². The molecule has 176 valence electrons. The highest BCUT2D eigenvalue weighted by Gasteiger charge is 2.22. The lowest BCUT2D eigenvalue weighted by molar-refractivity contribution is 0.603. The Bertz CT molecular complexity index is 1090. The zero-order chi connectivity index (χ0) is 23.8. The van der Waals surface area contributed by atoms with Crippen molar-refractivity contribution in [2.24, 2.45) is 0 Å². The fourth-order valence-electron chi connectivity index (χ4n) is 5.39. The van der Waals surface area contributed by atoms with Crippen LogP contribution in [0, 0.1) is 17.1 Å². The standard InChI is InChI=1S/C31H36FNSi/c1-2-3-4-19-34-20-17-28(18-21-34)27-12-7-24(8-13-27)5-6-25-11-16-30(31(32)22-25)29-14-9-26(23-33)10-15-29/h7-16,22,28,34H,2-6,17-21H2,1H3/t28-,34-. The summed E-state index contributed by atoms with van der Waals surface area (Å²) >= 11 is 0. The molecule has 4 rings (SSSR count). The summed E-state index contributed by atoms with van der Waals surface area (Å²) in [7, 11) is -0.451. The zero-order valence-corrected chi connectivity index (χ0v) is 21.6. The van der Waals surface area contributed by atoms with Crippen LogP contribution in [-0.4, -0.2) is 8.80 Å². The van der Waals surface area contributed by atoms with Gasteiger partial charge in [0.15, 0.2) is 0 Å². The maximum Gasteiger partial charge on any atom is 0.131 e. The van der Waals surface area contributed by atoms with Gasteiger partial charge in [-0.3, -0.25) is 0 Å². The third-order valence-corrected chi connectivity index (χ3v) is 11.1. The predicted octanol–water partition coefficient (Wildman–Crippen LogP) is 8.44. The molecule has 0 amide bonds. The minimum absolute atomic E-state index is 0.202. The number of unbranched alkanes of at least 4 members (excludes halogenated alkanes) is 2. The lowest BCUT2D eigenvalue weighted by atomic mass is 9.92. The number of benzene rings is 3. The topological polar surface area (TPSA) is 23.8 Å². The van der Waals surface area contributed by atoms with Gasteiger partial charge in [0.05, 0.1) is 11.6 Å². The first-order valence-electron chi connectivity index (χ1n) is 13.0. The van der Waals surface area contributed by atoms with Crippen LogP contribution < -0.4 is 0 Å². The van der Waals surface area contributed by atoms with E-state index < -0.39 is 8.80 Å². The van der Waals surface area contributed by atoms with E-state index in [1.165, 1.54) is 55.3 Å². The maximum absolute atomic E-state index is 14.8. The van der Waals surface area contributed by atoms with E-state index in [9.17, 15) is 4.39 Å². The molecule has 1 aliphatic rings. The van der Waals surface area contributed by atoms with Crippen molar-refractivity contribution in [1.29, 1.82) is 5.26 Å². The summed E-state index contributed by atoms with van der Waals surface area (Å²) in [6.45, 7) is 2.30. The molecule has 3 aromatic rings. The third-order valence-electron chi connectivity index (χ3n) is 7.57. The summed E-state index contributed by atoms with van der Waals surface area (Å²) in [6.07, 6.45) is 8.78. The quantitative estimate of drug-likeness (QED) is 0.228. The first-order chi connectivity index (χ1) is 16.7. The van der Waals surface area contributed by atoms with Crippen LogP contribution in [0.3, 0.4) is 0 Å². The number of hydrogen-bond donors (Lipinski definition) is 0. The van der Waals surface area contributed by atoms with Gasteiger partial charge in [0.2, 0.25) is 0 Å². The SMILES string of the molecule is CCCCC[Si@H]1CC[C@H](c2ccc(CCc3ccc(-c4ccc(C#N)cc4)c(F)c3)cc2)CC1. The molecule has 0 saturated carbocycles. The number of halogens is 1. The van der Waals surface area contributed by atoms with Crippen LogP contribution in [0.2, 0.25) is 18.1 Å². The first kappa shape index (κ1) is 24.4. The molecule has 0 unspecified atom stereocenters. The molecule has 34 heavy (non-hydrogen) atoms. The zero-order valence-electron chi connectivity index (χ0n) is 20.4. The molecule has 1 heterocycles. The minimum atomic E-state index is -0.451. The summed E-state index contributed by atoms with van der Waals surface area (Å²) in [4.78, 5) is 0. The van der Waals surface area contributed by atoms with E-state index in [-0.39, 0.29) is 5.82 Å². The van der Waals surface area contributed by atoms with Gasteiger partial charge in [-0.15, -0.1) is 0 Å². The Hall–Kier alpha value is -2.70. The van der Waals surface area contributed by atoms with Gasteiger partial charge in [-0.1, -0.05) is 92.8 Å². The van der Waals surface area contributed by atoms with Gasteiger partial charge in [0.25, 0.3) is 0 Å². The fraction of sp³-hybridized carbons (Fsp3) is 0.387. The number of aryl methyl sites for hydroxylation is 2. The minimum Gasteiger partial charge on any atom is -0.206 e. The molecule has 1 fully saturated rings. The molecule has 1 saturated heterocycles. The number of nitrogens with zero attached hydrogens (tertiary/aromatic N) is 1. The fourth-order valence-corrected chi connectivity index (χ4v) is 8.86. The Morgan fingerprint density at radius 3 is 2.21 bits per heavy atom. The molecule has 0 bridgehead atoms. The maximum atomic E-state index is 14.8. The van der Waals surface area contributed by atoms with Gasteiger partial charge >= 0.3 is 0 Å². The van der Waals surface area contributed by atoms with E-state index in [1.54, 1.807) is 36.4 Å². The Labute approximate surface area is 206 Å². The van der Waals surface area contributed by atoms with E-state index in [4.69, 9.17) is 5.26 Å². The monoisotopic (exact) mass is 469 g/mol. The van der Waals surface area contributed by atoms with Crippen LogP contribution in [-0.2, 0) is 12.8 Å². The molecule has 0 N–H and O–H groups in total. The summed E-state index contributed by atoms with van der Waals surface area (Å²) < 4.78 is 14.8. The van der Waals surface area contributed by atoms with Gasteiger partial charge < -0.3 is 0 Å².